The summed E-state index contributed by atoms with van der Waals surface area (Å²) in [6.45, 7) is 1.57. The number of carbonyl (C=O) groups excluding carboxylic acids is 2. The molecule has 28 heavy (non-hydrogen) atoms. The van der Waals surface area contributed by atoms with Crippen LogP contribution in [0.1, 0.15) is 12.5 Å². The summed E-state index contributed by atoms with van der Waals surface area (Å²) >= 11 is 18.2. The van der Waals surface area contributed by atoms with Crippen molar-refractivity contribution in [3.8, 4) is 0 Å². The van der Waals surface area contributed by atoms with Crippen LogP contribution >= 0.6 is 34.8 Å². The molecule has 144 valence electrons. The highest BCUT2D eigenvalue weighted by molar-refractivity contribution is 6.35. The lowest BCUT2D eigenvalue weighted by Crippen LogP contribution is -2.24. The minimum Gasteiger partial charge on any atom is -0.465 e. The second-order valence-corrected chi connectivity index (χ2v) is 7.19. The Bertz CT molecular complexity index is 1020. The third-order valence-electron chi connectivity index (χ3n) is 4.18. The SMILES string of the molecule is COC(=O)C1=C(C)N(c2cc(Cl)cc(Cl)c2)C(=O)/C1=C\c1c(F)cccc1Cl. The number of carbonyl (C=O) groups is 2. The highest BCUT2D eigenvalue weighted by Gasteiger charge is 2.38. The number of allylic oxidation sites excluding steroid dienone is 1. The Kier molecular flexibility index (Phi) is 5.79. The second kappa shape index (κ2) is 7.95. The number of nitrogens with zero attached hydrogens (tertiary/aromatic N) is 1. The number of hydrogen-bond donors (Lipinski definition) is 0. The molecule has 0 unspecified atom stereocenters. The van der Waals surface area contributed by atoms with Crippen molar-refractivity contribution in [2.24, 2.45) is 0 Å². The van der Waals surface area contributed by atoms with Crippen LogP contribution < -0.4 is 4.90 Å². The van der Waals surface area contributed by atoms with Gasteiger partial charge in [0, 0.05) is 21.3 Å². The Hall–Kier alpha value is -2.34. The van der Waals surface area contributed by atoms with E-state index in [2.05, 4.69) is 0 Å². The summed E-state index contributed by atoms with van der Waals surface area (Å²) in [6, 6.07) is 8.72. The first kappa shape index (κ1) is 20.4. The molecule has 1 amide bonds. The summed E-state index contributed by atoms with van der Waals surface area (Å²) in [6.07, 6.45) is 1.24. The largest absolute Gasteiger partial charge is 0.465 e. The number of halogens is 4. The number of hydrogen-bond acceptors (Lipinski definition) is 3. The first-order valence-electron chi connectivity index (χ1n) is 8.00. The minimum absolute atomic E-state index is 0.00270. The molecule has 2 aromatic rings. The second-order valence-electron chi connectivity index (χ2n) is 5.91. The van der Waals surface area contributed by atoms with Gasteiger partial charge in [0.1, 0.15) is 5.82 Å². The summed E-state index contributed by atoms with van der Waals surface area (Å²) in [5.74, 6) is -1.92. The Labute approximate surface area is 175 Å². The number of rotatable bonds is 3. The predicted octanol–water partition coefficient (Wildman–Crippen LogP) is 5.66. The lowest BCUT2D eigenvalue weighted by atomic mass is 10.0. The van der Waals surface area contributed by atoms with Gasteiger partial charge in [0.15, 0.2) is 0 Å². The molecule has 0 saturated carbocycles. The number of ether oxygens (including phenoxy) is 1. The van der Waals surface area contributed by atoms with Crippen LogP contribution in [0.15, 0.2) is 53.2 Å². The van der Waals surface area contributed by atoms with Gasteiger partial charge in [0.25, 0.3) is 5.91 Å². The minimum atomic E-state index is -0.736. The van der Waals surface area contributed by atoms with Crippen LogP contribution in [0.4, 0.5) is 10.1 Å². The molecule has 0 atom stereocenters. The van der Waals surface area contributed by atoms with Gasteiger partial charge in [0.05, 0.1) is 29.0 Å². The molecular weight excluding hydrogens is 428 g/mol. The van der Waals surface area contributed by atoms with E-state index in [9.17, 15) is 14.0 Å². The Morgan fingerprint density at radius 1 is 1.14 bits per heavy atom. The molecule has 0 fully saturated rings. The fourth-order valence-corrected chi connectivity index (χ4v) is 3.68. The summed E-state index contributed by atoms with van der Waals surface area (Å²) in [5.41, 5.74) is 0.612. The monoisotopic (exact) mass is 439 g/mol. The topological polar surface area (TPSA) is 46.6 Å². The quantitative estimate of drug-likeness (QED) is 0.457. The van der Waals surface area contributed by atoms with Gasteiger partial charge in [-0.15, -0.1) is 0 Å². The first-order chi connectivity index (χ1) is 13.2. The maximum Gasteiger partial charge on any atom is 0.340 e. The fraction of sp³-hybridized carbons (Fsp3) is 0.100. The lowest BCUT2D eigenvalue weighted by Gasteiger charge is -2.18. The Balaban J connectivity index is 2.22. The van der Waals surface area contributed by atoms with Crippen LogP contribution in [0.2, 0.25) is 15.1 Å². The predicted molar refractivity (Wildman–Crippen MR) is 108 cm³/mol. The normalized spacial score (nSPS) is 15.6. The molecule has 0 saturated heterocycles. The van der Waals surface area contributed by atoms with Crippen molar-refractivity contribution in [1.29, 1.82) is 0 Å². The number of benzene rings is 2. The van der Waals surface area contributed by atoms with Gasteiger partial charge in [-0.1, -0.05) is 40.9 Å². The maximum absolute atomic E-state index is 14.2. The molecule has 1 heterocycles. The molecular formula is C20H13Cl3FNO3. The van der Waals surface area contributed by atoms with Crippen LogP contribution in [-0.4, -0.2) is 19.0 Å². The van der Waals surface area contributed by atoms with E-state index in [1.807, 2.05) is 0 Å². The summed E-state index contributed by atoms with van der Waals surface area (Å²) in [4.78, 5) is 26.8. The maximum atomic E-state index is 14.2. The van der Waals surface area contributed by atoms with Crippen molar-refractivity contribution in [1.82, 2.24) is 0 Å². The summed E-state index contributed by atoms with van der Waals surface area (Å²) in [5, 5.41) is 0.737. The Morgan fingerprint density at radius 3 is 2.36 bits per heavy atom. The molecule has 0 N–H and O–H groups in total. The van der Waals surface area contributed by atoms with E-state index in [4.69, 9.17) is 39.5 Å². The zero-order chi connectivity index (χ0) is 20.6. The van der Waals surface area contributed by atoms with Gasteiger partial charge >= 0.3 is 5.97 Å². The van der Waals surface area contributed by atoms with E-state index in [0.29, 0.717) is 21.4 Å². The van der Waals surface area contributed by atoms with Crippen LogP contribution in [0.3, 0.4) is 0 Å². The smallest absolute Gasteiger partial charge is 0.340 e. The van der Waals surface area contributed by atoms with Crippen molar-refractivity contribution in [2.45, 2.75) is 6.92 Å². The molecule has 0 radical (unpaired) electrons. The zero-order valence-corrected chi connectivity index (χ0v) is 17.0. The van der Waals surface area contributed by atoms with Crippen molar-refractivity contribution in [2.75, 3.05) is 12.0 Å². The number of methoxy groups -OCH3 is 1. The molecule has 4 nitrogen and oxygen atoms in total. The molecule has 2 aromatic carbocycles. The molecule has 1 aliphatic heterocycles. The number of amides is 1. The number of anilines is 1. The zero-order valence-electron chi connectivity index (χ0n) is 14.7. The highest BCUT2D eigenvalue weighted by Crippen LogP contribution is 2.38. The third kappa shape index (κ3) is 3.65. The molecule has 8 heteroatoms. The lowest BCUT2D eigenvalue weighted by molar-refractivity contribution is -0.136. The molecule has 0 bridgehead atoms. The van der Waals surface area contributed by atoms with Gasteiger partial charge in [-0.25, -0.2) is 9.18 Å². The highest BCUT2D eigenvalue weighted by atomic mass is 35.5. The summed E-state index contributed by atoms with van der Waals surface area (Å²) < 4.78 is 19.1. The molecule has 3 rings (SSSR count). The van der Waals surface area contributed by atoms with Gasteiger partial charge in [-0.3, -0.25) is 9.69 Å². The van der Waals surface area contributed by atoms with E-state index in [1.54, 1.807) is 6.92 Å². The molecule has 0 aliphatic carbocycles. The number of esters is 1. The van der Waals surface area contributed by atoms with Gasteiger partial charge < -0.3 is 4.74 Å². The van der Waals surface area contributed by atoms with E-state index in [-0.39, 0.29) is 21.7 Å². The van der Waals surface area contributed by atoms with Crippen LogP contribution in [0, 0.1) is 5.82 Å². The van der Waals surface area contributed by atoms with Crippen molar-refractivity contribution in [3.05, 3.63) is 79.7 Å². The van der Waals surface area contributed by atoms with Gasteiger partial charge in [-0.2, -0.15) is 0 Å². The first-order valence-corrected chi connectivity index (χ1v) is 9.13. The Morgan fingerprint density at radius 2 is 1.79 bits per heavy atom. The van der Waals surface area contributed by atoms with Crippen LogP contribution in [0.25, 0.3) is 6.08 Å². The standard InChI is InChI=1S/C20H13Cl3FNO3/c1-10-18(20(27)28-2)15(9-14-16(23)4-3-5-17(14)24)19(26)25(10)13-7-11(21)6-12(22)8-13/h3-9H,1-2H3/b15-9-. The summed E-state index contributed by atoms with van der Waals surface area (Å²) in [7, 11) is 1.19. The van der Waals surface area contributed by atoms with Crippen molar-refractivity contribution < 1.29 is 18.7 Å². The van der Waals surface area contributed by atoms with Crippen molar-refractivity contribution >= 4 is 58.4 Å². The van der Waals surface area contributed by atoms with E-state index in [1.165, 1.54) is 54.5 Å². The average molecular weight is 441 g/mol. The third-order valence-corrected chi connectivity index (χ3v) is 4.95. The van der Waals surface area contributed by atoms with E-state index >= 15 is 0 Å². The van der Waals surface area contributed by atoms with Crippen LogP contribution in [-0.2, 0) is 14.3 Å². The van der Waals surface area contributed by atoms with Crippen molar-refractivity contribution in [3.63, 3.8) is 0 Å². The fourth-order valence-electron chi connectivity index (χ4n) is 2.95. The average Bonchev–Trinajstić information content (AvgIpc) is 2.86. The van der Waals surface area contributed by atoms with Gasteiger partial charge in [-0.05, 0) is 43.3 Å². The van der Waals surface area contributed by atoms with Gasteiger partial charge in [0.2, 0.25) is 0 Å². The van der Waals surface area contributed by atoms with Crippen LogP contribution in [0.5, 0.6) is 0 Å². The molecule has 0 aromatic heterocycles. The molecule has 1 aliphatic rings. The van der Waals surface area contributed by atoms with E-state index in [0.717, 1.165) is 0 Å². The molecule has 0 spiro atoms. The van der Waals surface area contributed by atoms with E-state index < -0.39 is 17.7 Å².